The second-order valence-electron chi connectivity index (χ2n) is 7.25. The van der Waals surface area contributed by atoms with Crippen molar-refractivity contribution in [3.05, 3.63) is 11.6 Å². The molecule has 0 aromatic rings. The van der Waals surface area contributed by atoms with E-state index in [0.717, 1.165) is 44.8 Å². The largest absolute Gasteiger partial charge is 0.414 e. The summed E-state index contributed by atoms with van der Waals surface area (Å²) in [5.74, 6) is 0. The van der Waals surface area contributed by atoms with Crippen LogP contribution in [0.2, 0.25) is 18.1 Å². The van der Waals surface area contributed by atoms with E-state index >= 15 is 0 Å². The van der Waals surface area contributed by atoms with E-state index in [1.807, 2.05) is 0 Å². The SMILES string of the molecule is CC(C)(C)[Si](C)(C)OC1CCCC(=CC=O)CCC1. The molecule has 0 aromatic heterocycles. The molecule has 2 nitrogen and oxygen atoms in total. The van der Waals surface area contributed by atoms with Crippen molar-refractivity contribution in [2.24, 2.45) is 0 Å². The van der Waals surface area contributed by atoms with Crippen molar-refractivity contribution in [2.45, 2.75) is 83.5 Å². The maximum atomic E-state index is 10.5. The molecule has 0 heterocycles. The van der Waals surface area contributed by atoms with Crippen molar-refractivity contribution in [1.82, 2.24) is 0 Å². The first-order valence-electron chi connectivity index (χ1n) is 7.57. The van der Waals surface area contributed by atoms with E-state index in [1.165, 1.54) is 5.57 Å². The lowest BCUT2D eigenvalue weighted by Gasteiger charge is -2.40. The van der Waals surface area contributed by atoms with Crippen LogP contribution in [0, 0.1) is 0 Å². The smallest absolute Gasteiger partial charge is 0.192 e. The molecule has 0 aliphatic heterocycles. The zero-order valence-electron chi connectivity index (χ0n) is 13.3. The van der Waals surface area contributed by atoms with Gasteiger partial charge in [0, 0.05) is 6.10 Å². The van der Waals surface area contributed by atoms with Crippen molar-refractivity contribution < 1.29 is 9.22 Å². The first-order chi connectivity index (χ1) is 8.76. The summed E-state index contributed by atoms with van der Waals surface area (Å²) in [7, 11) is -1.63. The third-order valence-corrected chi connectivity index (χ3v) is 9.15. The molecular weight excluding hydrogens is 252 g/mol. The topological polar surface area (TPSA) is 26.3 Å². The Morgan fingerprint density at radius 2 is 1.68 bits per heavy atom. The van der Waals surface area contributed by atoms with Gasteiger partial charge in [0.05, 0.1) is 0 Å². The van der Waals surface area contributed by atoms with Crippen molar-refractivity contribution in [2.75, 3.05) is 0 Å². The minimum atomic E-state index is -1.63. The molecule has 1 saturated carbocycles. The van der Waals surface area contributed by atoms with E-state index in [-0.39, 0.29) is 5.04 Å². The summed E-state index contributed by atoms with van der Waals surface area (Å²) in [5.41, 5.74) is 1.32. The number of aldehydes is 1. The molecule has 0 amide bonds. The highest BCUT2D eigenvalue weighted by atomic mass is 28.4. The van der Waals surface area contributed by atoms with Gasteiger partial charge in [-0.2, -0.15) is 0 Å². The number of carbonyl (C=O) groups is 1. The van der Waals surface area contributed by atoms with E-state index in [1.54, 1.807) is 6.08 Å². The molecule has 19 heavy (non-hydrogen) atoms. The summed E-state index contributed by atoms with van der Waals surface area (Å²) >= 11 is 0. The average Bonchev–Trinajstić information content (AvgIpc) is 2.23. The van der Waals surface area contributed by atoms with Crippen LogP contribution in [0.5, 0.6) is 0 Å². The maximum Gasteiger partial charge on any atom is 0.192 e. The molecule has 0 unspecified atom stereocenters. The maximum absolute atomic E-state index is 10.5. The molecule has 1 aliphatic rings. The van der Waals surface area contributed by atoms with E-state index < -0.39 is 8.32 Å². The predicted octanol–water partition coefficient (Wildman–Crippen LogP) is 4.86. The Balaban J connectivity index is 2.54. The Hall–Kier alpha value is -0.413. The Kier molecular flexibility index (Phi) is 6.00. The van der Waals surface area contributed by atoms with Crippen LogP contribution >= 0.6 is 0 Å². The molecule has 0 N–H and O–H groups in total. The summed E-state index contributed by atoms with van der Waals surface area (Å²) in [6, 6.07) is 0. The second kappa shape index (κ2) is 6.85. The van der Waals surface area contributed by atoms with E-state index in [2.05, 4.69) is 33.9 Å². The molecule has 1 rings (SSSR count). The lowest BCUT2D eigenvalue weighted by Crippen LogP contribution is -2.44. The molecule has 0 aromatic carbocycles. The zero-order chi connectivity index (χ0) is 14.5. The highest BCUT2D eigenvalue weighted by Gasteiger charge is 2.39. The summed E-state index contributed by atoms with van der Waals surface area (Å²) in [6.45, 7) is 11.6. The first kappa shape index (κ1) is 16.6. The summed E-state index contributed by atoms with van der Waals surface area (Å²) in [4.78, 5) is 10.5. The van der Waals surface area contributed by atoms with Gasteiger partial charge in [0.15, 0.2) is 8.32 Å². The third kappa shape index (κ3) is 5.23. The molecule has 1 fully saturated rings. The van der Waals surface area contributed by atoms with Crippen molar-refractivity contribution >= 4 is 14.6 Å². The number of rotatable bonds is 3. The minimum Gasteiger partial charge on any atom is -0.414 e. The molecule has 0 atom stereocenters. The lowest BCUT2D eigenvalue weighted by atomic mass is 9.94. The number of allylic oxidation sites excluding steroid dienone is 2. The molecule has 0 radical (unpaired) electrons. The van der Waals surface area contributed by atoms with Gasteiger partial charge in [-0.15, -0.1) is 0 Å². The van der Waals surface area contributed by atoms with Crippen LogP contribution in [0.4, 0.5) is 0 Å². The fraction of sp³-hybridized carbons (Fsp3) is 0.812. The summed E-state index contributed by atoms with van der Waals surface area (Å²) in [5, 5.41) is 0.290. The van der Waals surface area contributed by atoms with Crippen molar-refractivity contribution in [3.63, 3.8) is 0 Å². The van der Waals surface area contributed by atoms with Gasteiger partial charge >= 0.3 is 0 Å². The highest BCUT2D eigenvalue weighted by molar-refractivity contribution is 6.74. The average molecular weight is 282 g/mol. The second-order valence-corrected chi connectivity index (χ2v) is 12.0. The molecule has 0 saturated heterocycles. The monoisotopic (exact) mass is 282 g/mol. The van der Waals surface area contributed by atoms with Gasteiger partial charge in [-0.05, 0) is 62.7 Å². The molecule has 1 aliphatic carbocycles. The van der Waals surface area contributed by atoms with Gasteiger partial charge in [-0.3, -0.25) is 4.79 Å². The Labute approximate surface area is 119 Å². The van der Waals surface area contributed by atoms with Crippen LogP contribution in [0.25, 0.3) is 0 Å². The van der Waals surface area contributed by atoms with Gasteiger partial charge in [-0.1, -0.05) is 26.3 Å². The summed E-state index contributed by atoms with van der Waals surface area (Å²) in [6.07, 6.45) is 9.84. The van der Waals surface area contributed by atoms with E-state index in [9.17, 15) is 4.79 Å². The highest BCUT2D eigenvalue weighted by Crippen LogP contribution is 2.38. The van der Waals surface area contributed by atoms with Gasteiger partial charge in [0.1, 0.15) is 6.29 Å². The molecule has 0 spiro atoms. The molecule has 0 bridgehead atoms. The zero-order valence-corrected chi connectivity index (χ0v) is 14.3. The van der Waals surface area contributed by atoms with Crippen molar-refractivity contribution in [3.8, 4) is 0 Å². The molecule has 3 heteroatoms. The van der Waals surface area contributed by atoms with E-state index in [0.29, 0.717) is 6.10 Å². The van der Waals surface area contributed by atoms with Gasteiger partial charge in [0.25, 0.3) is 0 Å². The van der Waals surface area contributed by atoms with Crippen LogP contribution in [0.3, 0.4) is 0 Å². The normalized spacial score (nSPS) is 22.6. The fourth-order valence-corrected chi connectivity index (χ4v) is 3.78. The van der Waals surface area contributed by atoms with Crippen LogP contribution in [-0.2, 0) is 9.22 Å². The quantitative estimate of drug-likeness (QED) is 0.420. The summed E-state index contributed by atoms with van der Waals surface area (Å²) < 4.78 is 6.52. The third-order valence-electron chi connectivity index (χ3n) is 4.62. The Morgan fingerprint density at radius 1 is 1.16 bits per heavy atom. The first-order valence-corrected chi connectivity index (χ1v) is 10.5. The predicted molar refractivity (Wildman–Crippen MR) is 83.9 cm³/mol. The molecular formula is C16H30O2Si. The van der Waals surface area contributed by atoms with Gasteiger partial charge in [-0.25, -0.2) is 0 Å². The minimum absolute atomic E-state index is 0.290. The van der Waals surface area contributed by atoms with E-state index in [4.69, 9.17) is 4.43 Å². The standard InChI is InChI=1S/C16H30O2Si/c1-16(2,3)19(4,5)18-15-10-6-8-14(12-13-17)9-7-11-15/h12-13,15H,6-11H2,1-5H3. The van der Waals surface area contributed by atoms with Crippen LogP contribution in [-0.4, -0.2) is 20.7 Å². The van der Waals surface area contributed by atoms with Crippen LogP contribution < -0.4 is 0 Å². The fourth-order valence-electron chi connectivity index (χ4n) is 2.36. The van der Waals surface area contributed by atoms with Gasteiger partial charge < -0.3 is 4.43 Å². The number of hydrogen-bond donors (Lipinski definition) is 0. The van der Waals surface area contributed by atoms with Crippen LogP contribution in [0.1, 0.15) is 59.3 Å². The Bertz CT molecular complexity index is 314. The molecule has 110 valence electrons. The number of carbonyl (C=O) groups excluding carboxylic acids is 1. The van der Waals surface area contributed by atoms with Crippen molar-refractivity contribution in [1.29, 1.82) is 0 Å². The Morgan fingerprint density at radius 3 is 2.11 bits per heavy atom. The lowest BCUT2D eigenvalue weighted by molar-refractivity contribution is -0.104. The van der Waals surface area contributed by atoms with Crippen LogP contribution in [0.15, 0.2) is 11.6 Å². The number of hydrogen-bond acceptors (Lipinski definition) is 2. The van der Waals surface area contributed by atoms with Gasteiger partial charge in [0.2, 0.25) is 0 Å².